The van der Waals surface area contributed by atoms with Crippen LogP contribution in [-0.4, -0.2) is 9.13 Å². The molecule has 21 aromatic carbocycles. The van der Waals surface area contributed by atoms with Crippen molar-refractivity contribution in [1.82, 2.24) is 9.13 Å². The number of nitrogens with zero attached hydrogens (tertiary/aromatic N) is 4. The zero-order chi connectivity index (χ0) is 82.9. The Bertz CT molecular complexity index is 8520. The first-order chi connectivity index (χ1) is 62.4. The van der Waals surface area contributed by atoms with Crippen LogP contribution in [-0.2, 0) is 0 Å². The predicted octanol–water partition coefficient (Wildman–Crippen LogP) is 33.7. The van der Waals surface area contributed by atoms with E-state index in [1.807, 2.05) is 6.07 Å². The van der Waals surface area contributed by atoms with E-state index in [0.717, 1.165) is 156 Å². The van der Waals surface area contributed by atoms with Gasteiger partial charge in [0.05, 0.1) is 27.8 Å². The molecule has 0 aliphatic heterocycles. The van der Waals surface area contributed by atoms with Gasteiger partial charge in [-0.05, 0) is 256 Å². The molecular formula is C120H76N4O2. The lowest BCUT2D eigenvalue weighted by Crippen LogP contribution is -2.10. The van der Waals surface area contributed by atoms with Gasteiger partial charge in [0.25, 0.3) is 0 Å². The van der Waals surface area contributed by atoms with Crippen LogP contribution < -0.4 is 9.80 Å². The zero-order valence-corrected chi connectivity index (χ0v) is 68.5. The minimum Gasteiger partial charge on any atom is -0.456 e. The van der Waals surface area contributed by atoms with E-state index >= 15 is 0 Å². The van der Waals surface area contributed by atoms with Crippen molar-refractivity contribution >= 4 is 154 Å². The first kappa shape index (κ1) is 72.1. The largest absolute Gasteiger partial charge is 0.456 e. The standard InChI is InChI=1S/C120H76N4O2/c1-2-24-99-91(19-1)75-114(103-26-4-3-25-102(99)103)122(93-63-53-82(54-64-93)78-43-47-80(48-44-78)84-57-67-95(68-58-84)124-112-36-12-7-29-106(112)107-30-8-13-37-113(107)124)97-23-16-21-90(74-97)101-33-18-40-117-120(101)109-70-60-88(76-118(109)126-117)85-49-50-87-72-98(69-59-86(87)71-85)121(96-22-15-20-89(73-96)100-32-17-39-116-119(100)108-31-9-14-38-115(108)125-116)92-61-51-81(52-62-92)77-41-45-79(46-42-77)83-55-65-94(66-56-83)123-110-34-10-5-27-104(110)105-28-6-11-35-111(105)123/h1-76H. The Morgan fingerprint density at radius 1 is 0.167 bits per heavy atom. The maximum absolute atomic E-state index is 6.95. The number of aromatic nitrogens is 2. The number of hydrogen-bond donors (Lipinski definition) is 0. The molecule has 0 aliphatic rings. The molecule has 0 N–H and O–H groups in total. The van der Waals surface area contributed by atoms with Gasteiger partial charge >= 0.3 is 0 Å². The van der Waals surface area contributed by atoms with Crippen LogP contribution in [0.25, 0.3) is 209 Å². The van der Waals surface area contributed by atoms with Gasteiger partial charge in [0.2, 0.25) is 0 Å². The Balaban J connectivity index is 0.519. The average molecular weight is 1610 g/mol. The van der Waals surface area contributed by atoms with Crippen LogP contribution in [0.4, 0.5) is 34.1 Å². The summed E-state index contributed by atoms with van der Waals surface area (Å²) >= 11 is 0. The van der Waals surface area contributed by atoms with Crippen LogP contribution >= 0.6 is 0 Å². The highest BCUT2D eigenvalue weighted by Gasteiger charge is 2.24. The molecule has 0 saturated carbocycles. The van der Waals surface area contributed by atoms with Crippen LogP contribution in [0.15, 0.2) is 470 Å². The highest BCUT2D eigenvalue weighted by Crippen LogP contribution is 2.49. The van der Waals surface area contributed by atoms with E-state index in [2.05, 4.69) is 474 Å². The fraction of sp³-hybridized carbons (Fsp3) is 0. The third-order valence-electron chi connectivity index (χ3n) is 25.9. The van der Waals surface area contributed by atoms with E-state index in [1.54, 1.807) is 0 Å². The second-order valence-electron chi connectivity index (χ2n) is 33.0. The van der Waals surface area contributed by atoms with E-state index in [9.17, 15) is 0 Å². The number of hydrogen-bond acceptors (Lipinski definition) is 4. The molecule has 0 atom stereocenters. The SMILES string of the molecule is c1cc(-c2cccc3oc4ccccc4c23)cc(N(c2ccc(-c3ccc(-c4ccc(-n5c6ccccc6c6ccccc65)cc4)cc3)cc2)c2ccc3cc(-c4ccc5c(c4)oc4cccc(-c6cccc(N(c7ccc(-c8ccc(-c9ccc(-n%10c%11ccccc%11c%11ccccc%11%10)cc9)cc8)cc7)c7cc8ccccc8c8ccccc78)c6)c45)ccc3c2)c1. The average Bonchev–Trinajstić information content (AvgIpc) is 1.53. The Morgan fingerprint density at radius 3 is 1.02 bits per heavy atom. The molecule has 126 heavy (non-hydrogen) atoms. The third-order valence-corrected chi connectivity index (χ3v) is 25.9. The predicted molar refractivity (Wildman–Crippen MR) is 530 cm³/mol. The Labute approximate surface area is 727 Å². The van der Waals surface area contributed by atoms with Crippen molar-refractivity contribution in [2.45, 2.75) is 0 Å². The van der Waals surface area contributed by atoms with E-state index in [4.69, 9.17) is 8.83 Å². The molecule has 25 rings (SSSR count). The first-order valence-corrected chi connectivity index (χ1v) is 43.1. The monoisotopic (exact) mass is 1600 g/mol. The summed E-state index contributed by atoms with van der Waals surface area (Å²) in [5, 5.41) is 16.4. The van der Waals surface area contributed by atoms with Crippen LogP contribution in [0, 0.1) is 0 Å². The molecule has 0 unspecified atom stereocenters. The van der Waals surface area contributed by atoms with E-state index in [-0.39, 0.29) is 0 Å². The van der Waals surface area contributed by atoms with Gasteiger partial charge in [-0.2, -0.15) is 0 Å². The van der Waals surface area contributed by atoms with Crippen LogP contribution in [0.1, 0.15) is 0 Å². The van der Waals surface area contributed by atoms with Gasteiger partial charge in [-0.25, -0.2) is 0 Å². The molecule has 25 aromatic rings. The summed E-state index contributed by atoms with van der Waals surface area (Å²) in [5.74, 6) is 0. The Kier molecular flexibility index (Phi) is 16.9. The van der Waals surface area contributed by atoms with Crippen molar-refractivity contribution in [3.05, 3.63) is 461 Å². The third kappa shape index (κ3) is 12.2. The number of fused-ring (bicyclic) bond motifs is 16. The highest BCUT2D eigenvalue weighted by molar-refractivity contribution is 6.18. The smallest absolute Gasteiger partial charge is 0.136 e. The number of rotatable bonds is 15. The van der Waals surface area contributed by atoms with Crippen molar-refractivity contribution < 1.29 is 8.83 Å². The molecule has 6 nitrogen and oxygen atoms in total. The second-order valence-corrected chi connectivity index (χ2v) is 33.0. The topological polar surface area (TPSA) is 42.6 Å². The quantitative estimate of drug-likeness (QED) is 0.0960. The van der Waals surface area contributed by atoms with Crippen molar-refractivity contribution in [3.8, 4) is 89.3 Å². The Morgan fingerprint density at radius 2 is 0.508 bits per heavy atom. The highest BCUT2D eigenvalue weighted by atomic mass is 16.3. The lowest BCUT2D eigenvalue weighted by molar-refractivity contribution is 0.668. The molecule has 0 radical (unpaired) electrons. The second kappa shape index (κ2) is 29.5. The summed E-state index contributed by atoms with van der Waals surface area (Å²) in [6.07, 6.45) is 0. The van der Waals surface area contributed by atoms with E-state index in [1.165, 1.54) is 87.4 Å². The lowest BCUT2D eigenvalue weighted by Gasteiger charge is -2.28. The van der Waals surface area contributed by atoms with Crippen LogP contribution in [0.3, 0.4) is 0 Å². The molecule has 0 bridgehead atoms. The minimum absolute atomic E-state index is 0.835. The van der Waals surface area contributed by atoms with Gasteiger partial charge in [-0.3, -0.25) is 0 Å². The molecule has 4 aromatic heterocycles. The molecule has 0 saturated heterocycles. The molecule has 588 valence electrons. The summed E-state index contributed by atoms with van der Waals surface area (Å²) in [4.78, 5) is 4.82. The molecule has 4 heterocycles. The van der Waals surface area contributed by atoms with Gasteiger partial charge in [-0.15, -0.1) is 0 Å². The number of furan rings is 2. The number of anilines is 6. The van der Waals surface area contributed by atoms with Crippen molar-refractivity contribution in [2.24, 2.45) is 0 Å². The van der Waals surface area contributed by atoms with Crippen LogP contribution in [0.2, 0.25) is 0 Å². The minimum atomic E-state index is 0.835. The summed E-state index contributed by atoms with van der Waals surface area (Å²) in [6, 6.07) is 168. The summed E-state index contributed by atoms with van der Waals surface area (Å²) < 4.78 is 18.1. The number of benzene rings is 21. The van der Waals surface area contributed by atoms with Gasteiger partial charge in [-0.1, -0.05) is 309 Å². The fourth-order valence-electron chi connectivity index (χ4n) is 19.9. The molecular weight excluding hydrogens is 1530 g/mol. The fourth-order valence-corrected chi connectivity index (χ4v) is 19.9. The maximum atomic E-state index is 6.95. The van der Waals surface area contributed by atoms with Crippen molar-refractivity contribution in [2.75, 3.05) is 9.80 Å². The maximum Gasteiger partial charge on any atom is 0.136 e. The molecule has 0 amide bonds. The summed E-state index contributed by atoms with van der Waals surface area (Å²) in [6.45, 7) is 0. The van der Waals surface area contributed by atoms with Gasteiger partial charge in [0.15, 0.2) is 0 Å². The lowest BCUT2D eigenvalue weighted by atomic mass is 9.96. The molecule has 6 heteroatoms. The van der Waals surface area contributed by atoms with Gasteiger partial charge in [0.1, 0.15) is 22.3 Å². The van der Waals surface area contributed by atoms with Gasteiger partial charge < -0.3 is 27.8 Å². The molecule has 0 fully saturated rings. The van der Waals surface area contributed by atoms with E-state index in [0.29, 0.717) is 0 Å². The van der Waals surface area contributed by atoms with Gasteiger partial charge in [0, 0.05) is 88.3 Å². The molecule has 0 aliphatic carbocycles. The first-order valence-electron chi connectivity index (χ1n) is 43.1. The summed E-state index contributed by atoms with van der Waals surface area (Å²) in [7, 11) is 0. The van der Waals surface area contributed by atoms with Crippen LogP contribution in [0.5, 0.6) is 0 Å². The van der Waals surface area contributed by atoms with E-state index < -0.39 is 0 Å². The number of para-hydroxylation sites is 5. The normalized spacial score (nSPS) is 11.8. The zero-order valence-electron chi connectivity index (χ0n) is 68.5. The van der Waals surface area contributed by atoms with Crippen molar-refractivity contribution in [1.29, 1.82) is 0 Å². The Hall–Kier alpha value is -16.8. The van der Waals surface area contributed by atoms with Crippen molar-refractivity contribution in [3.63, 3.8) is 0 Å². The summed E-state index contributed by atoms with van der Waals surface area (Å²) in [5.41, 5.74) is 32.7. The molecule has 0 spiro atoms.